The molecule has 0 aromatic heterocycles. The average molecular weight is 247 g/mol. The van der Waals surface area contributed by atoms with E-state index in [0.29, 0.717) is 0 Å². The molecule has 0 saturated heterocycles. The van der Waals surface area contributed by atoms with Crippen LogP contribution >= 0.6 is 0 Å². The third kappa shape index (κ3) is 3320. The second kappa shape index (κ2) is 3860. The topological polar surface area (TPSA) is 315 Å². The van der Waals surface area contributed by atoms with E-state index in [1.807, 2.05) is 0 Å². The number of rotatable bonds is 0. The van der Waals surface area contributed by atoms with Gasteiger partial charge in [0.15, 0.2) is 0 Å². The van der Waals surface area contributed by atoms with Crippen LogP contribution in [0.1, 0.15) is 1.43 Å². The van der Waals surface area contributed by atoms with Gasteiger partial charge in [-0.1, -0.05) is 0 Å². The fourth-order valence-corrected chi connectivity index (χ4v) is 0. The van der Waals surface area contributed by atoms with Crippen molar-refractivity contribution >= 4 is 33.7 Å². The van der Waals surface area contributed by atoms with E-state index < -0.39 is 0 Å². The Balaban J connectivity index is 0. The van der Waals surface area contributed by atoms with Gasteiger partial charge in [0, 0.05) is 33.7 Å². The molecule has 0 spiro atoms. The van der Waals surface area contributed by atoms with Crippen LogP contribution < -0.4 is 29.6 Å². The summed E-state index contributed by atoms with van der Waals surface area (Å²) in [5, 5.41) is 0. The van der Waals surface area contributed by atoms with E-state index in [2.05, 4.69) is 0 Å². The predicted molar refractivity (Wildman–Crippen MR) is 60.3 cm³/mol. The molecule has 0 aromatic carbocycles. The van der Waals surface area contributed by atoms with Gasteiger partial charge in [-0.25, -0.2) is 0 Å². The van der Waals surface area contributed by atoms with Crippen molar-refractivity contribution < 1.29 is 85.7 Å². The van der Waals surface area contributed by atoms with Gasteiger partial charge >= 0.3 is 29.6 Å². The fourth-order valence-electron chi connectivity index (χ4n) is 0. The van der Waals surface area contributed by atoms with Gasteiger partial charge in [-0.05, 0) is 0 Å². The van der Waals surface area contributed by atoms with Gasteiger partial charge in [-0.15, -0.1) is 0 Å². The van der Waals surface area contributed by atoms with Crippen LogP contribution in [0.2, 0.25) is 0 Å². The number of hydrogen-bond donors (Lipinski definition) is 0. The molecule has 15 heavy (non-hydrogen) atoms. The standard InChI is InChI=1S/4B.Na.10H2O.H/h;;;;;10*1H2;/q;;;;+1;;;;;;;;;;;-1. The van der Waals surface area contributed by atoms with Gasteiger partial charge in [0.25, 0.3) is 0 Å². The van der Waals surface area contributed by atoms with E-state index in [9.17, 15) is 0 Å². The van der Waals surface area contributed by atoms with Crippen molar-refractivity contribution in [2.24, 2.45) is 0 Å². The molecule has 20 N–H and O–H groups in total. The SMILES string of the molecule is O.O.O.O.O.O.O.O.O.O.[B].[B].[B].[B].[H-].[Na+]. The first kappa shape index (κ1) is 4740. The largest absolute Gasteiger partial charge is 1.00 e. The van der Waals surface area contributed by atoms with Gasteiger partial charge in [0.2, 0.25) is 0 Å². The summed E-state index contributed by atoms with van der Waals surface area (Å²) in [6, 6.07) is 0. The molecule has 0 aliphatic heterocycles. The van der Waals surface area contributed by atoms with Crippen molar-refractivity contribution in [3.05, 3.63) is 0 Å². The maximum absolute atomic E-state index is 0. The first-order chi connectivity index (χ1) is 0. The molecule has 0 aliphatic rings. The van der Waals surface area contributed by atoms with E-state index in [4.69, 9.17) is 0 Å². The Kier molecular flexibility index (Phi) is 1220000. The quantitative estimate of drug-likeness (QED) is 0.359. The summed E-state index contributed by atoms with van der Waals surface area (Å²) in [5.74, 6) is 0. The molecule has 0 amide bonds. The molecule has 0 saturated carbocycles. The third-order valence-corrected chi connectivity index (χ3v) is 0. The third-order valence-electron chi connectivity index (χ3n) is 0. The maximum atomic E-state index is 0. The van der Waals surface area contributed by atoms with Gasteiger partial charge in [0.1, 0.15) is 0 Å². The molecule has 94 valence electrons. The van der Waals surface area contributed by atoms with Crippen molar-refractivity contribution in [2.45, 2.75) is 0 Å². The molecule has 0 heterocycles. The van der Waals surface area contributed by atoms with E-state index >= 15 is 0 Å². The summed E-state index contributed by atoms with van der Waals surface area (Å²) in [6.45, 7) is 0. The second-order valence-electron chi connectivity index (χ2n) is 0. The van der Waals surface area contributed by atoms with Crippen molar-refractivity contribution in [3.8, 4) is 0 Å². The monoisotopic (exact) mass is 248 g/mol. The van der Waals surface area contributed by atoms with Crippen LogP contribution in [-0.4, -0.2) is 88.4 Å². The van der Waals surface area contributed by atoms with Crippen LogP contribution in [0, 0.1) is 0 Å². The van der Waals surface area contributed by atoms with Crippen LogP contribution in [0.25, 0.3) is 0 Å². The molecular formula is H21B4NaO10. The van der Waals surface area contributed by atoms with Gasteiger partial charge in [0.05, 0.1) is 0 Å². The van der Waals surface area contributed by atoms with Gasteiger partial charge < -0.3 is 56.2 Å². The molecule has 15 heteroatoms. The van der Waals surface area contributed by atoms with E-state index in [1.54, 1.807) is 0 Å². The van der Waals surface area contributed by atoms with Crippen molar-refractivity contribution in [2.75, 3.05) is 0 Å². The summed E-state index contributed by atoms with van der Waals surface area (Å²) in [7, 11) is 0. The van der Waals surface area contributed by atoms with Crippen LogP contribution in [0.15, 0.2) is 0 Å². The van der Waals surface area contributed by atoms with E-state index in [-0.39, 0.29) is 119 Å². The minimum absolute atomic E-state index is 0. The van der Waals surface area contributed by atoms with E-state index in [1.165, 1.54) is 0 Å². The first-order valence-electron chi connectivity index (χ1n) is 0. The molecule has 0 rings (SSSR count). The van der Waals surface area contributed by atoms with Crippen LogP contribution in [0.4, 0.5) is 0 Å². The Hall–Kier alpha value is 0.860. The van der Waals surface area contributed by atoms with Crippen LogP contribution in [0.3, 0.4) is 0 Å². The molecule has 0 aliphatic carbocycles. The second-order valence-corrected chi connectivity index (χ2v) is 0. The van der Waals surface area contributed by atoms with Gasteiger partial charge in [-0.2, -0.15) is 0 Å². The smallest absolute Gasteiger partial charge is 1.00 e. The minimum atomic E-state index is 0. The van der Waals surface area contributed by atoms with Gasteiger partial charge in [-0.3, -0.25) is 0 Å². The Morgan fingerprint density at radius 1 is 0.267 bits per heavy atom. The Labute approximate surface area is 119 Å². The average Bonchev–Trinajstić information content (AvgIpc) is 0. The fraction of sp³-hybridized carbons (Fsp3) is 0. The van der Waals surface area contributed by atoms with Crippen molar-refractivity contribution in [1.82, 2.24) is 0 Å². The summed E-state index contributed by atoms with van der Waals surface area (Å²) >= 11 is 0. The number of hydrogen-bond acceptors (Lipinski definition) is 0. The summed E-state index contributed by atoms with van der Waals surface area (Å²) in [4.78, 5) is 0. The maximum Gasteiger partial charge on any atom is 1.00 e. The van der Waals surface area contributed by atoms with Crippen LogP contribution in [0.5, 0.6) is 0 Å². The van der Waals surface area contributed by atoms with Crippen molar-refractivity contribution in [3.63, 3.8) is 0 Å². The predicted octanol–water partition coefficient (Wildman–Crippen LogP) is -12.7. The summed E-state index contributed by atoms with van der Waals surface area (Å²) < 4.78 is 0. The molecule has 0 fully saturated rings. The minimum Gasteiger partial charge on any atom is -1.00 e. The molecule has 0 unspecified atom stereocenters. The molecule has 10 nitrogen and oxygen atoms in total. The zero-order valence-electron chi connectivity index (χ0n) is 9.31. The first-order valence-corrected chi connectivity index (χ1v) is 0. The summed E-state index contributed by atoms with van der Waals surface area (Å²) in [6.07, 6.45) is 0. The molecule has 12 radical (unpaired) electrons. The molecule has 0 atom stereocenters. The Bertz CT molecular complexity index is 22.8. The van der Waals surface area contributed by atoms with E-state index in [0.717, 1.165) is 0 Å². The van der Waals surface area contributed by atoms with Crippen molar-refractivity contribution in [1.29, 1.82) is 0 Å². The zero-order valence-corrected chi connectivity index (χ0v) is 10.3. The normalized spacial score (nSPS) is 0. The molecule has 0 bridgehead atoms. The Morgan fingerprint density at radius 2 is 0.267 bits per heavy atom. The Morgan fingerprint density at radius 3 is 0.267 bits per heavy atom. The molecular weight excluding hydrogens is 226 g/mol. The summed E-state index contributed by atoms with van der Waals surface area (Å²) in [5.41, 5.74) is 0. The zero-order chi connectivity index (χ0) is 0. The molecule has 0 aromatic rings. The van der Waals surface area contributed by atoms with Crippen LogP contribution in [-0.2, 0) is 0 Å².